The van der Waals surface area contributed by atoms with Crippen molar-refractivity contribution in [2.24, 2.45) is 0 Å². The summed E-state index contributed by atoms with van der Waals surface area (Å²) in [5, 5.41) is 11.1. The van der Waals surface area contributed by atoms with Gasteiger partial charge in [-0.3, -0.25) is 4.79 Å². The van der Waals surface area contributed by atoms with E-state index in [1.54, 1.807) is 0 Å². The number of nitrogens with zero attached hydrogens (tertiary/aromatic N) is 2. The van der Waals surface area contributed by atoms with Crippen molar-refractivity contribution in [3.05, 3.63) is 0 Å². The molecule has 0 radical (unpaired) electrons. The van der Waals surface area contributed by atoms with Crippen LogP contribution in [0, 0.1) is 11.3 Å². The summed E-state index contributed by atoms with van der Waals surface area (Å²) in [5.74, 6) is -0.188. The van der Waals surface area contributed by atoms with Gasteiger partial charge in [-0.25, -0.2) is 0 Å². The lowest BCUT2D eigenvalue weighted by Crippen LogP contribution is -2.41. The minimum absolute atomic E-state index is 0.0530. The van der Waals surface area contributed by atoms with E-state index < -0.39 is 0 Å². The fraction of sp³-hybridized carbons (Fsp3) is 0.800. The highest BCUT2D eigenvalue weighted by molar-refractivity contribution is 5.78. The van der Waals surface area contributed by atoms with Gasteiger partial charge in [0.25, 0.3) is 0 Å². The number of nitriles is 1. The van der Waals surface area contributed by atoms with Crippen LogP contribution in [0.3, 0.4) is 0 Å². The second-order valence-electron chi connectivity index (χ2n) is 3.29. The average Bonchev–Trinajstić information content (AvgIpc) is 2.14. The molecule has 1 N–H and O–H groups in total. The van der Waals surface area contributed by atoms with Crippen LogP contribution in [-0.2, 0) is 4.79 Å². The van der Waals surface area contributed by atoms with Crippen LogP contribution in [0.4, 0.5) is 0 Å². The van der Waals surface area contributed by atoms with Crippen molar-refractivity contribution in [2.75, 3.05) is 19.6 Å². The molecule has 4 nitrogen and oxygen atoms in total. The van der Waals surface area contributed by atoms with Crippen LogP contribution < -0.4 is 5.32 Å². The van der Waals surface area contributed by atoms with E-state index in [4.69, 9.17) is 5.26 Å². The summed E-state index contributed by atoms with van der Waals surface area (Å²) in [7, 11) is 0. The lowest BCUT2D eigenvalue weighted by Gasteiger charge is -2.23. The van der Waals surface area contributed by atoms with Gasteiger partial charge in [0, 0.05) is 12.6 Å². The number of hydrogen-bond acceptors (Lipinski definition) is 3. The minimum Gasteiger partial charge on any atom is -0.351 e. The summed E-state index contributed by atoms with van der Waals surface area (Å²) in [4.78, 5) is 13.3. The van der Waals surface area contributed by atoms with Crippen molar-refractivity contribution in [1.29, 1.82) is 5.26 Å². The van der Waals surface area contributed by atoms with Crippen molar-refractivity contribution in [3.63, 3.8) is 0 Å². The SMILES string of the molecule is CCN(CC)CC(C)NC(=O)CC#N. The number of carbonyl (C=O) groups is 1. The molecule has 0 spiro atoms. The van der Waals surface area contributed by atoms with Gasteiger partial charge < -0.3 is 10.2 Å². The van der Waals surface area contributed by atoms with E-state index in [1.165, 1.54) is 0 Å². The predicted octanol–water partition coefficient (Wildman–Crippen LogP) is 0.747. The Morgan fingerprint density at radius 1 is 1.50 bits per heavy atom. The first kappa shape index (κ1) is 12.9. The van der Waals surface area contributed by atoms with Crippen LogP contribution in [-0.4, -0.2) is 36.5 Å². The van der Waals surface area contributed by atoms with E-state index in [9.17, 15) is 4.79 Å². The van der Waals surface area contributed by atoms with E-state index in [1.807, 2.05) is 13.0 Å². The summed E-state index contributed by atoms with van der Waals surface area (Å²) in [6, 6.07) is 1.94. The monoisotopic (exact) mass is 197 g/mol. The molecule has 0 fully saturated rings. The van der Waals surface area contributed by atoms with Crippen LogP contribution in [0.5, 0.6) is 0 Å². The number of carbonyl (C=O) groups excluding carboxylic acids is 1. The van der Waals surface area contributed by atoms with Gasteiger partial charge in [0.05, 0.1) is 6.07 Å². The third kappa shape index (κ3) is 5.55. The molecule has 0 heterocycles. The minimum atomic E-state index is -0.188. The van der Waals surface area contributed by atoms with Crippen LogP contribution in [0.2, 0.25) is 0 Å². The molecule has 0 aromatic heterocycles. The molecule has 0 aromatic rings. The first-order valence-electron chi connectivity index (χ1n) is 5.02. The van der Waals surface area contributed by atoms with Gasteiger partial charge in [0.15, 0.2) is 0 Å². The highest BCUT2D eigenvalue weighted by atomic mass is 16.1. The van der Waals surface area contributed by atoms with Gasteiger partial charge >= 0.3 is 0 Å². The number of nitrogens with one attached hydrogen (secondary N) is 1. The molecule has 1 unspecified atom stereocenters. The second-order valence-corrected chi connectivity index (χ2v) is 3.29. The van der Waals surface area contributed by atoms with Crippen LogP contribution in [0.25, 0.3) is 0 Å². The topological polar surface area (TPSA) is 56.1 Å². The molecule has 0 aliphatic rings. The Kier molecular flexibility index (Phi) is 6.77. The van der Waals surface area contributed by atoms with Crippen LogP contribution >= 0.6 is 0 Å². The molecule has 0 bridgehead atoms. The third-order valence-electron chi connectivity index (χ3n) is 2.07. The molecule has 0 saturated heterocycles. The zero-order valence-electron chi connectivity index (χ0n) is 9.21. The molecule has 80 valence electrons. The number of hydrogen-bond donors (Lipinski definition) is 1. The first-order chi connectivity index (χ1) is 6.63. The molecule has 4 heteroatoms. The number of likely N-dealkylation sites (N-methyl/N-ethyl adjacent to an activating group) is 1. The number of rotatable bonds is 6. The second kappa shape index (κ2) is 7.34. The summed E-state index contributed by atoms with van der Waals surface area (Å²) < 4.78 is 0. The zero-order valence-corrected chi connectivity index (χ0v) is 9.21. The molecule has 0 saturated carbocycles. The van der Waals surface area contributed by atoms with Crippen molar-refractivity contribution in [2.45, 2.75) is 33.2 Å². The summed E-state index contributed by atoms with van der Waals surface area (Å²) in [6.45, 7) is 8.93. The predicted molar refractivity (Wildman–Crippen MR) is 55.6 cm³/mol. The standard InChI is InChI=1S/C10H19N3O/c1-4-13(5-2)8-9(3)12-10(14)6-7-11/h9H,4-6,8H2,1-3H3,(H,12,14). The molecule has 0 aromatic carbocycles. The maximum absolute atomic E-state index is 11.1. The average molecular weight is 197 g/mol. The lowest BCUT2D eigenvalue weighted by atomic mass is 10.3. The van der Waals surface area contributed by atoms with Gasteiger partial charge in [-0.1, -0.05) is 13.8 Å². The molecule has 0 aliphatic heterocycles. The maximum Gasteiger partial charge on any atom is 0.234 e. The first-order valence-corrected chi connectivity index (χ1v) is 5.02. The Labute approximate surface area is 85.9 Å². The molecule has 1 amide bonds. The van der Waals surface area contributed by atoms with Gasteiger partial charge in [-0.05, 0) is 20.0 Å². The Morgan fingerprint density at radius 3 is 2.50 bits per heavy atom. The Morgan fingerprint density at radius 2 is 2.07 bits per heavy atom. The molecule has 0 aliphatic carbocycles. The quantitative estimate of drug-likeness (QED) is 0.683. The fourth-order valence-electron chi connectivity index (χ4n) is 1.31. The van der Waals surface area contributed by atoms with Gasteiger partial charge in [-0.2, -0.15) is 5.26 Å². The van der Waals surface area contributed by atoms with Crippen molar-refractivity contribution in [1.82, 2.24) is 10.2 Å². The summed E-state index contributed by atoms with van der Waals surface area (Å²) in [6.07, 6.45) is -0.0530. The highest BCUT2D eigenvalue weighted by Crippen LogP contribution is 1.92. The van der Waals surface area contributed by atoms with Gasteiger partial charge in [0.1, 0.15) is 6.42 Å². The van der Waals surface area contributed by atoms with E-state index in [0.29, 0.717) is 0 Å². The van der Waals surface area contributed by atoms with Crippen molar-refractivity contribution >= 4 is 5.91 Å². The normalized spacial score (nSPS) is 12.2. The van der Waals surface area contributed by atoms with Crippen molar-refractivity contribution < 1.29 is 4.79 Å². The lowest BCUT2D eigenvalue weighted by molar-refractivity contribution is -0.120. The molecule has 0 rings (SSSR count). The molecule has 14 heavy (non-hydrogen) atoms. The Balaban J connectivity index is 3.79. The smallest absolute Gasteiger partial charge is 0.234 e. The summed E-state index contributed by atoms with van der Waals surface area (Å²) >= 11 is 0. The summed E-state index contributed by atoms with van der Waals surface area (Å²) in [5.41, 5.74) is 0. The largest absolute Gasteiger partial charge is 0.351 e. The third-order valence-corrected chi connectivity index (χ3v) is 2.07. The van der Waals surface area contributed by atoms with Crippen LogP contribution in [0.15, 0.2) is 0 Å². The van der Waals surface area contributed by atoms with Gasteiger partial charge in [0.2, 0.25) is 5.91 Å². The highest BCUT2D eigenvalue weighted by Gasteiger charge is 2.09. The molecule has 1 atom stereocenters. The van der Waals surface area contributed by atoms with E-state index in [0.717, 1.165) is 19.6 Å². The zero-order chi connectivity index (χ0) is 11.0. The molecular formula is C10H19N3O. The van der Waals surface area contributed by atoms with Crippen LogP contribution in [0.1, 0.15) is 27.2 Å². The fourth-order valence-corrected chi connectivity index (χ4v) is 1.31. The number of amides is 1. The van der Waals surface area contributed by atoms with E-state index in [-0.39, 0.29) is 18.4 Å². The van der Waals surface area contributed by atoms with Gasteiger partial charge in [-0.15, -0.1) is 0 Å². The van der Waals surface area contributed by atoms with E-state index >= 15 is 0 Å². The maximum atomic E-state index is 11.1. The van der Waals surface area contributed by atoms with Crippen molar-refractivity contribution in [3.8, 4) is 6.07 Å². The Bertz CT molecular complexity index is 206. The van der Waals surface area contributed by atoms with E-state index in [2.05, 4.69) is 24.1 Å². The molecular weight excluding hydrogens is 178 g/mol. The Hall–Kier alpha value is -1.08.